The number of nitrogens with one attached hydrogen (secondary N) is 1. The topological polar surface area (TPSA) is 68.9 Å². The molecule has 0 fully saturated rings. The molecule has 0 unspecified atom stereocenters. The number of ether oxygens (including phenoxy) is 2. The van der Waals surface area contributed by atoms with E-state index in [9.17, 15) is 0 Å². The van der Waals surface area contributed by atoms with Gasteiger partial charge in [-0.1, -0.05) is 6.07 Å². The van der Waals surface area contributed by atoms with Gasteiger partial charge in [-0.05, 0) is 37.4 Å². The standard InChI is InChI=1S/C16H21N3O2S/c1-3-20-12-7-8-15(21-4-2)14(10-12)19-16(17)18-11-13-6-5-9-22-13/h5-10H,3-4,11H2,1-2H3,(H3,17,18,19). The molecule has 2 aromatic rings. The fraction of sp³-hybridized carbons (Fsp3) is 0.312. The zero-order valence-corrected chi connectivity index (χ0v) is 13.7. The van der Waals surface area contributed by atoms with Gasteiger partial charge in [-0.3, -0.25) is 0 Å². The molecule has 0 aliphatic heterocycles. The Morgan fingerprint density at radius 3 is 2.73 bits per heavy atom. The highest BCUT2D eigenvalue weighted by Gasteiger charge is 2.07. The summed E-state index contributed by atoms with van der Waals surface area (Å²) in [5, 5.41) is 5.11. The Kier molecular flexibility index (Phi) is 6.09. The van der Waals surface area contributed by atoms with E-state index >= 15 is 0 Å². The summed E-state index contributed by atoms with van der Waals surface area (Å²) < 4.78 is 11.1. The summed E-state index contributed by atoms with van der Waals surface area (Å²) in [6.45, 7) is 5.63. The van der Waals surface area contributed by atoms with Crippen molar-refractivity contribution in [1.82, 2.24) is 0 Å². The molecule has 0 atom stereocenters. The number of nitrogens with zero attached hydrogens (tertiary/aromatic N) is 1. The van der Waals surface area contributed by atoms with E-state index < -0.39 is 0 Å². The molecule has 0 bridgehead atoms. The van der Waals surface area contributed by atoms with E-state index in [1.807, 2.05) is 49.6 Å². The Labute approximate surface area is 134 Å². The monoisotopic (exact) mass is 319 g/mol. The van der Waals surface area contributed by atoms with Gasteiger partial charge >= 0.3 is 0 Å². The maximum Gasteiger partial charge on any atom is 0.193 e. The van der Waals surface area contributed by atoms with Gasteiger partial charge in [0.1, 0.15) is 11.5 Å². The van der Waals surface area contributed by atoms with Gasteiger partial charge in [0.25, 0.3) is 0 Å². The summed E-state index contributed by atoms with van der Waals surface area (Å²) in [5.74, 6) is 1.84. The molecule has 5 nitrogen and oxygen atoms in total. The third kappa shape index (κ3) is 4.66. The van der Waals surface area contributed by atoms with Crippen LogP contribution in [0.25, 0.3) is 0 Å². The van der Waals surface area contributed by atoms with E-state index in [0.717, 1.165) is 22.1 Å². The number of hydrogen-bond acceptors (Lipinski definition) is 4. The highest BCUT2D eigenvalue weighted by atomic mass is 32.1. The molecule has 1 aromatic carbocycles. The predicted octanol–water partition coefficient (Wildman–Crippen LogP) is 3.47. The van der Waals surface area contributed by atoms with E-state index in [4.69, 9.17) is 15.2 Å². The summed E-state index contributed by atoms with van der Waals surface area (Å²) in [5.41, 5.74) is 6.71. The van der Waals surface area contributed by atoms with Crippen molar-refractivity contribution < 1.29 is 9.47 Å². The average Bonchev–Trinajstić information content (AvgIpc) is 3.02. The van der Waals surface area contributed by atoms with Crippen molar-refractivity contribution in [2.24, 2.45) is 10.7 Å². The van der Waals surface area contributed by atoms with Gasteiger partial charge < -0.3 is 20.5 Å². The molecule has 22 heavy (non-hydrogen) atoms. The number of guanidine groups is 1. The Bertz CT molecular complexity index is 612. The molecule has 0 radical (unpaired) electrons. The van der Waals surface area contributed by atoms with Crippen molar-refractivity contribution in [3.8, 4) is 11.5 Å². The molecule has 0 aliphatic rings. The van der Waals surface area contributed by atoms with Crippen molar-refractivity contribution in [1.29, 1.82) is 0 Å². The summed E-state index contributed by atoms with van der Waals surface area (Å²) in [6.07, 6.45) is 0. The normalized spacial score (nSPS) is 11.3. The van der Waals surface area contributed by atoms with Crippen LogP contribution >= 0.6 is 11.3 Å². The van der Waals surface area contributed by atoms with Crippen LogP contribution in [-0.2, 0) is 6.54 Å². The maximum absolute atomic E-state index is 5.96. The molecule has 1 aromatic heterocycles. The van der Waals surface area contributed by atoms with Crippen LogP contribution in [-0.4, -0.2) is 19.2 Å². The third-order valence-electron chi connectivity index (χ3n) is 2.81. The van der Waals surface area contributed by atoms with E-state index in [0.29, 0.717) is 25.7 Å². The second-order valence-corrected chi connectivity index (χ2v) is 5.46. The molecule has 0 spiro atoms. The largest absolute Gasteiger partial charge is 0.494 e. The number of aliphatic imine (C=N–C) groups is 1. The lowest BCUT2D eigenvalue weighted by molar-refractivity contribution is 0.332. The smallest absolute Gasteiger partial charge is 0.193 e. The molecular formula is C16H21N3O2S. The maximum atomic E-state index is 5.96. The van der Waals surface area contributed by atoms with E-state index in [1.165, 1.54) is 0 Å². The Morgan fingerprint density at radius 1 is 1.23 bits per heavy atom. The Hall–Kier alpha value is -2.21. The van der Waals surface area contributed by atoms with Gasteiger partial charge in [-0.2, -0.15) is 0 Å². The molecule has 3 N–H and O–H groups in total. The minimum Gasteiger partial charge on any atom is -0.494 e. The molecule has 0 saturated heterocycles. The van der Waals surface area contributed by atoms with E-state index in [-0.39, 0.29) is 0 Å². The van der Waals surface area contributed by atoms with Crippen molar-refractivity contribution in [2.75, 3.05) is 18.5 Å². The van der Waals surface area contributed by atoms with Crippen LogP contribution in [0.2, 0.25) is 0 Å². The lowest BCUT2D eigenvalue weighted by Crippen LogP contribution is -2.23. The van der Waals surface area contributed by atoms with Gasteiger partial charge in [0, 0.05) is 10.9 Å². The fourth-order valence-corrected chi connectivity index (χ4v) is 2.52. The predicted molar refractivity (Wildman–Crippen MR) is 92.0 cm³/mol. The second kappa shape index (κ2) is 8.29. The Morgan fingerprint density at radius 2 is 2.05 bits per heavy atom. The molecule has 6 heteroatoms. The fourth-order valence-electron chi connectivity index (χ4n) is 1.89. The minimum atomic E-state index is 0.350. The highest BCUT2D eigenvalue weighted by molar-refractivity contribution is 7.09. The van der Waals surface area contributed by atoms with Gasteiger partial charge in [0.05, 0.1) is 25.4 Å². The van der Waals surface area contributed by atoms with Gasteiger partial charge in [-0.15, -0.1) is 11.3 Å². The van der Waals surface area contributed by atoms with Crippen LogP contribution < -0.4 is 20.5 Å². The number of rotatable bonds is 7. The van der Waals surface area contributed by atoms with Crippen molar-refractivity contribution in [2.45, 2.75) is 20.4 Å². The SMILES string of the molecule is CCOc1ccc(OCC)c(NC(N)=NCc2cccs2)c1. The number of benzene rings is 1. The second-order valence-electron chi connectivity index (χ2n) is 4.43. The van der Waals surface area contributed by atoms with Crippen LogP contribution in [0.5, 0.6) is 11.5 Å². The Balaban J connectivity index is 2.11. The van der Waals surface area contributed by atoms with Crippen molar-refractivity contribution in [3.05, 3.63) is 40.6 Å². The molecule has 0 aliphatic carbocycles. The average molecular weight is 319 g/mol. The summed E-state index contributed by atoms with van der Waals surface area (Å²) in [4.78, 5) is 5.50. The quantitative estimate of drug-likeness (QED) is 0.605. The van der Waals surface area contributed by atoms with Gasteiger partial charge in [0.15, 0.2) is 5.96 Å². The van der Waals surface area contributed by atoms with Crippen molar-refractivity contribution in [3.63, 3.8) is 0 Å². The molecule has 118 valence electrons. The zero-order chi connectivity index (χ0) is 15.8. The first-order chi connectivity index (χ1) is 10.7. The van der Waals surface area contributed by atoms with Crippen LogP contribution in [0, 0.1) is 0 Å². The van der Waals surface area contributed by atoms with Crippen LogP contribution in [0.15, 0.2) is 40.7 Å². The lowest BCUT2D eigenvalue weighted by atomic mass is 10.2. The lowest BCUT2D eigenvalue weighted by Gasteiger charge is -2.13. The number of thiophene rings is 1. The first-order valence-electron chi connectivity index (χ1n) is 7.22. The van der Waals surface area contributed by atoms with Crippen LogP contribution in [0.3, 0.4) is 0 Å². The van der Waals surface area contributed by atoms with E-state index in [1.54, 1.807) is 11.3 Å². The first-order valence-corrected chi connectivity index (χ1v) is 8.09. The van der Waals surface area contributed by atoms with Crippen molar-refractivity contribution >= 4 is 23.0 Å². The summed E-state index contributed by atoms with van der Waals surface area (Å²) >= 11 is 1.66. The summed E-state index contributed by atoms with van der Waals surface area (Å²) in [6, 6.07) is 9.63. The third-order valence-corrected chi connectivity index (χ3v) is 3.67. The molecule has 2 rings (SSSR count). The van der Waals surface area contributed by atoms with E-state index in [2.05, 4.69) is 10.3 Å². The van der Waals surface area contributed by atoms with Crippen LogP contribution in [0.1, 0.15) is 18.7 Å². The first kappa shape index (κ1) is 16.2. The van der Waals surface area contributed by atoms with Crippen LogP contribution in [0.4, 0.5) is 5.69 Å². The highest BCUT2D eigenvalue weighted by Crippen LogP contribution is 2.29. The minimum absolute atomic E-state index is 0.350. The number of hydrogen-bond donors (Lipinski definition) is 2. The van der Waals surface area contributed by atoms with Gasteiger partial charge in [-0.25, -0.2) is 4.99 Å². The summed E-state index contributed by atoms with van der Waals surface area (Å²) in [7, 11) is 0. The number of anilines is 1. The molecule has 0 amide bonds. The number of nitrogens with two attached hydrogens (primary N) is 1. The van der Waals surface area contributed by atoms with Gasteiger partial charge in [0.2, 0.25) is 0 Å². The molecule has 0 saturated carbocycles. The molecular weight excluding hydrogens is 298 g/mol. The zero-order valence-electron chi connectivity index (χ0n) is 12.8. The molecule has 1 heterocycles.